The molecule has 0 aromatic rings. The van der Waals surface area contributed by atoms with E-state index < -0.39 is 0 Å². The first-order valence-corrected chi connectivity index (χ1v) is 7.11. The lowest BCUT2D eigenvalue weighted by Gasteiger charge is -2.27. The lowest BCUT2D eigenvalue weighted by molar-refractivity contribution is 0.243. The second kappa shape index (κ2) is 4.92. The van der Waals surface area contributed by atoms with Crippen LogP contribution in [0.2, 0.25) is 0 Å². The molecule has 0 aromatic heterocycles. The van der Waals surface area contributed by atoms with Crippen molar-refractivity contribution in [3.63, 3.8) is 0 Å². The van der Waals surface area contributed by atoms with Gasteiger partial charge in [-0.3, -0.25) is 0 Å². The quantitative estimate of drug-likeness (QED) is 0.669. The minimum Gasteiger partial charge on any atom is -0.161 e. The molecule has 1 rings (SSSR count). The largest absolute Gasteiger partial charge is 0.161 e. The molecule has 14 heavy (non-hydrogen) atoms. The van der Waals surface area contributed by atoms with Gasteiger partial charge in [0.05, 0.1) is 0 Å². The maximum atomic E-state index is 2.38. The van der Waals surface area contributed by atoms with Crippen molar-refractivity contribution in [2.45, 2.75) is 47.5 Å². The second-order valence-corrected chi connectivity index (χ2v) is 7.53. The molecule has 1 aliphatic heterocycles. The van der Waals surface area contributed by atoms with Gasteiger partial charge >= 0.3 is 0 Å². The van der Waals surface area contributed by atoms with Gasteiger partial charge in [0.25, 0.3) is 0 Å². The molecule has 1 heterocycles. The van der Waals surface area contributed by atoms with E-state index in [1.54, 1.807) is 0 Å². The van der Waals surface area contributed by atoms with Crippen LogP contribution in [0, 0.1) is 23.2 Å². The van der Waals surface area contributed by atoms with Crippen LogP contribution in [-0.4, -0.2) is 11.5 Å². The Balaban J connectivity index is 2.43. The van der Waals surface area contributed by atoms with Crippen LogP contribution in [0.4, 0.5) is 0 Å². The Morgan fingerprint density at radius 2 is 1.71 bits per heavy atom. The van der Waals surface area contributed by atoms with Gasteiger partial charge in [-0.25, -0.2) is 0 Å². The summed E-state index contributed by atoms with van der Waals surface area (Å²) in [6, 6.07) is 0. The first-order valence-electron chi connectivity index (χ1n) is 5.96. The van der Waals surface area contributed by atoms with E-state index in [0.717, 1.165) is 17.8 Å². The van der Waals surface area contributed by atoms with Crippen molar-refractivity contribution in [3.05, 3.63) is 0 Å². The lowest BCUT2D eigenvalue weighted by Crippen LogP contribution is -2.20. The highest BCUT2D eigenvalue weighted by Gasteiger charge is 2.31. The molecule has 0 aliphatic carbocycles. The molecular formula is C13H26S. The Hall–Kier alpha value is 0.350. The molecule has 1 aliphatic rings. The molecular weight excluding hydrogens is 188 g/mol. The summed E-state index contributed by atoms with van der Waals surface area (Å²) in [6.07, 6.45) is 2.85. The maximum absolute atomic E-state index is 2.38. The zero-order chi connectivity index (χ0) is 10.8. The third-order valence-corrected chi connectivity index (χ3v) is 4.31. The summed E-state index contributed by atoms with van der Waals surface area (Å²) in [7, 11) is 0. The van der Waals surface area contributed by atoms with Crippen molar-refractivity contribution in [2.24, 2.45) is 23.2 Å². The predicted molar refractivity (Wildman–Crippen MR) is 67.8 cm³/mol. The first kappa shape index (κ1) is 12.4. The molecule has 1 fully saturated rings. The molecule has 0 nitrogen and oxygen atoms in total. The van der Waals surface area contributed by atoms with E-state index in [1.807, 2.05) is 0 Å². The van der Waals surface area contributed by atoms with E-state index in [9.17, 15) is 0 Å². The van der Waals surface area contributed by atoms with E-state index >= 15 is 0 Å². The molecule has 84 valence electrons. The first-order chi connectivity index (χ1) is 6.38. The van der Waals surface area contributed by atoms with Crippen molar-refractivity contribution in [1.82, 2.24) is 0 Å². The van der Waals surface area contributed by atoms with Gasteiger partial charge in [-0.05, 0) is 47.5 Å². The van der Waals surface area contributed by atoms with Crippen LogP contribution in [0.3, 0.4) is 0 Å². The van der Waals surface area contributed by atoms with Gasteiger partial charge in [0.2, 0.25) is 0 Å². The number of thioether (sulfide) groups is 1. The smallest absolute Gasteiger partial charge is 0.00359 e. The van der Waals surface area contributed by atoms with Gasteiger partial charge in [-0.1, -0.05) is 34.6 Å². The van der Waals surface area contributed by atoms with Gasteiger partial charge in [0, 0.05) is 0 Å². The fourth-order valence-electron chi connectivity index (χ4n) is 2.52. The van der Waals surface area contributed by atoms with Crippen molar-refractivity contribution in [2.75, 3.05) is 11.5 Å². The number of hydrogen-bond acceptors (Lipinski definition) is 1. The monoisotopic (exact) mass is 214 g/mol. The summed E-state index contributed by atoms with van der Waals surface area (Å²) >= 11 is 2.17. The van der Waals surface area contributed by atoms with Gasteiger partial charge in [0.1, 0.15) is 0 Å². The van der Waals surface area contributed by atoms with Crippen LogP contribution in [0.1, 0.15) is 47.5 Å². The molecule has 0 spiro atoms. The average molecular weight is 214 g/mol. The molecule has 0 radical (unpaired) electrons. The van der Waals surface area contributed by atoms with E-state index in [4.69, 9.17) is 0 Å². The van der Waals surface area contributed by atoms with Crippen LogP contribution < -0.4 is 0 Å². The normalized spacial score (nSPS) is 28.7. The molecule has 1 heteroatoms. The van der Waals surface area contributed by atoms with Crippen LogP contribution in [0.5, 0.6) is 0 Å². The fourth-order valence-corrected chi connectivity index (χ4v) is 4.06. The van der Waals surface area contributed by atoms with Crippen molar-refractivity contribution < 1.29 is 0 Å². The fraction of sp³-hybridized carbons (Fsp3) is 1.00. The van der Waals surface area contributed by atoms with Crippen LogP contribution in [0.25, 0.3) is 0 Å². The topological polar surface area (TPSA) is 0 Å². The van der Waals surface area contributed by atoms with Crippen molar-refractivity contribution in [3.8, 4) is 0 Å². The molecule has 0 N–H and O–H groups in total. The molecule has 0 amide bonds. The van der Waals surface area contributed by atoms with Gasteiger partial charge in [-0.2, -0.15) is 11.8 Å². The summed E-state index contributed by atoms with van der Waals surface area (Å²) in [6.45, 7) is 11.8. The molecule has 0 bridgehead atoms. The van der Waals surface area contributed by atoms with Gasteiger partial charge < -0.3 is 0 Å². The zero-order valence-corrected chi connectivity index (χ0v) is 11.3. The highest BCUT2D eigenvalue weighted by atomic mass is 32.2. The Labute approximate surface area is 94.2 Å². The summed E-state index contributed by atoms with van der Waals surface area (Å²) < 4.78 is 0. The van der Waals surface area contributed by atoms with E-state index in [2.05, 4.69) is 46.4 Å². The SMILES string of the molecule is CC(C)CC1CSCC1CC(C)(C)C. The van der Waals surface area contributed by atoms with Gasteiger partial charge in [0.15, 0.2) is 0 Å². The minimum absolute atomic E-state index is 0.519. The molecule has 1 saturated heterocycles. The second-order valence-electron chi connectivity index (χ2n) is 6.45. The average Bonchev–Trinajstić information content (AvgIpc) is 2.32. The zero-order valence-electron chi connectivity index (χ0n) is 10.5. The minimum atomic E-state index is 0.519. The van der Waals surface area contributed by atoms with Crippen LogP contribution in [-0.2, 0) is 0 Å². The molecule has 2 atom stereocenters. The Morgan fingerprint density at radius 3 is 2.21 bits per heavy atom. The highest BCUT2D eigenvalue weighted by molar-refractivity contribution is 7.99. The molecule has 0 aromatic carbocycles. The van der Waals surface area contributed by atoms with E-state index in [0.29, 0.717) is 5.41 Å². The summed E-state index contributed by atoms with van der Waals surface area (Å²) in [4.78, 5) is 0. The Bertz CT molecular complexity index is 167. The molecule has 2 unspecified atom stereocenters. The third kappa shape index (κ3) is 4.25. The van der Waals surface area contributed by atoms with E-state index in [-0.39, 0.29) is 0 Å². The third-order valence-electron chi connectivity index (χ3n) is 2.98. The summed E-state index contributed by atoms with van der Waals surface area (Å²) in [5.41, 5.74) is 0.519. The number of rotatable bonds is 3. The highest BCUT2D eigenvalue weighted by Crippen LogP contribution is 2.40. The van der Waals surface area contributed by atoms with Crippen LogP contribution in [0.15, 0.2) is 0 Å². The van der Waals surface area contributed by atoms with E-state index in [1.165, 1.54) is 24.3 Å². The predicted octanol–water partition coefficient (Wildman–Crippen LogP) is 4.45. The standard InChI is InChI=1S/C13H26S/c1-10(2)6-11-8-14-9-12(11)7-13(3,4)5/h10-12H,6-9H2,1-5H3. The van der Waals surface area contributed by atoms with Crippen molar-refractivity contribution >= 4 is 11.8 Å². The lowest BCUT2D eigenvalue weighted by atomic mass is 9.78. The molecule has 0 saturated carbocycles. The van der Waals surface area contributed by atoms with Gasteiger partial charge in [-0.15, -0.1) is 0 Å². The van der Waals surface area contributed by atoms with Crippen molar-refractivity contribution in [1.29, 1.82) is 0 Å². The number of hydrogen-bond donors (Lipinski definition) is 0. The Kier molecular flexibility index (Phi) is 4.36. The Morgan fingerprint density at radius 1 is 1.14 bits per heavy atom. The summed E-state index contributed by atoms with van der Waals surface area (Å²) in [5.74, 6) is 5.69. The van der Waals surface area contributed by atoms with Crippen LogP contribution >= 0.6 is 11.8 Å². The maximum Gasteiger partial charge on any atom is -0.00359 e. The summed E-state index contributed by atoms with van der Waals surface area (Å²) in [5, 5.41) is 0.